The molecule has 0 aromatic carbocycles. The molecule has 1 heterocycles. The van der Waals surface area contributed by atoms with Crippen LogP contribution in [-0.2, 0) is 0 Å². The fourth-order valence-electron chi connectivity index (χ4n) is 1.09. The summed E-state index contributed by atoms with van der Waals surface area (Å²) in [6.45, 7) is 4.27. The van der Waals surface area contributed by atoms with E-state index in [4.69, 9.17) is 0 Å². The van der Waals surface area contributed by atoms with Crippen molar-refractivity contribution in [2.45, 2.75) is 38.4 Å². The molecule has 1 rings (SSSR count). The van der Waals surface area contributed by atoms with Crippen molar-refractivity contribution < 1.29 is 4.39 Å². The molecule has 9 heavy (non-hydrogen) atoms. The van der Waals surface area contributed by atoms with Gasteiger partial charge >= 0.3 is 0 Å². The summed E-state index contributed by atoms with van der Waals surface area (Å²) in [5, 5.41) is 3.10. The van der Waals surface area contributed by atoms with Crippen LogP contribution in [0.1, 0.15) is 26.7 Å². The first-order chi connectivity index (χ1) is 4.10. The van der Waals surface area contributed by atoms with Gasteiger partial charge in [0.1, 0.15) is 5.67 Å². The Morgan fingerprint density at radius 3 is 2.67 bits per heavy atom. The van der Waals surface area contributed by atoms with E-state index in [-0.39, 0.29) is 0 Å². The average Bonchev–Trinajstić information content (AvgIpc) is 1.78. The van der Waals surface area contributed by atoms with Crippen LogP contribution in [0.4, 0.5) is 4.39 Å². The van der Waals surface area contributed by atoms with Crippen molar-refractivity contribution >= 4 is 0 Å². The quantitative estimate of drug-likeness (QED) is 0.525. The highest BCUT2D eigenvalue weighted by Gasteiger charge is 2.27. The number of halogens is 1. The minimum Gasteiger partial charge on any atom is -0.311 e. The summed E-state index contributed by atoms with van der Waals surface area (Å²) < 4.78 is 13.0. The monoisotopic (exact) mass is 131 g/mol. The van der Waals surface area contributed by atoms with Crippen LogP contribution in [0.2, 0.25) is 0 Å². The standard InChI is InChI=1S/C7H14FN/c1-6-3-4-7(2,8)5-9-6/h6,9H,3-5H2,1-2H3. The number of rotatable bonds is 0. The minimum absolute atomic E-state index is 0.508. The number of alkyl halides is 1. The van der Waals surface area contributed by atoms with Gasteiger partial charge in [0.15, 0.2) is 0 Å². The number of hydrogen-bond donors (Lipinski definition) is 1. The van der Waals surface area contributed by atoms with Crippen LogP contribution in [0, 0.1) is 0 Å². The van der Waals surface area contributed by atoms with Gasteiger partial charge in [-0.2, -0.15) is 0 Å². The predicted octanol–water partition coefficient (Wildman–Crippen LogP) is 1.49. The van der Waals surface area contributed by atoms with Crippen LogP contribution in [0.3, 0.4) is 0 Å². The molecular weight excluding hydrogens is 117 g/mol. The molecule has 0 amide bonds. The predicted molar refractivity (Wildman–Crippen MR) is 36.2 cm³/mol. The van der Waals surface area contributed by atoms with Crippen molar-refractivity contribution in [3.8, 4) is 0 Å². The van der Waals surface area contributed by atoms with Gasteiger partial charge in [-0.15, -0.1) is 0 Å². The third-order valence-electron chi connectivity index (χ3n) is 1.92. The van der Waals surface area contributed by atoms with E-state index in [2.05, 4.69) is 12.2 Å². The first-order valence-electron chi connectivity index (χ1n) is 3.52. The Morgan fingerprint density at radius 1 is 1.67 bits per heavy atom. The first kappa shape index (κ1) is 7.00. The highest BCUT2D eigenvalue weighted by atomic mass is 19.1. The van der Waals surface area contributed by atoms with E-state index in [1.54, 1.807) is 6.92 Å². The largest absolute Gasteiger partial charge is 0.311 e. The fraction of sp³-hybridized carbons (Fsp3) is 1.00. The van der Waals surface area contributed by atoms with Gasteiger partial charge in [-0.3, -0.25) is 0 Å². The molecule has 0 spiro atoms. The lowest BCUT2D eigenvalue weighted by atomic mass is 9.95. The Hall–Kier alpha value is -0.110. The Bertz CT molecular complexity index is 91.1. The Labute approximate surface area is 55.6 Å². The lowest BCUT2D eigenvalue weighted by Crippen LogP contribution is -2.44. The second kappa shape index (κ2) is 2.25. The summed E-state index contributed by atoms with van der Waals surface area (Å²) in [5.74, 6) is 0. The van der Waals surface area contributed by atoms with E-state index in [0.29, 0.717) is 19.0 Å². The van der Waals surface area contributed by atoms with Gasteiger partial charge in [0.25, 0.3) is 0 Å². The second-order valence-electron chi connectivity index (χ2n) is 3.23. The van der Waals surface area contributed by atoms with Crippen LogP contribution in [0.5, 0.6) is 0 Å². The van der Waals surface area contributed by atoms with Gasteiger partial charge in [-0.05, 0) is 26.7 Å². The number of piperidine rings is 1. The van der Waals surface area contributed by atoms with Gasteiger partial charge in [0.05, 0.1) is 0 Å². The number of nitrogens with one attached hydrogen (secondary N) is 1. The van der Waals surface area contributed by atoms with E-state index >= 15 is 0 Å². The molecule has 1 N–H and O–H groups in total. The molecule has 1 fully saturated rings. The van der Waals surface area contributed by atoms with Crippen molar-refractivity contribution in [2.24, 2.45) is 0 Å². The molecular formula is C7H14FN. The van der Waals surface area contributed by atoms with Gasteiger partial charge in [0, 0.05) is 12.6 Å². The van der Waals surface area contributed by atoms with Crippen LogP contribution in [0.25, 0.3) is 0 Å². The van der Waals surface area contributed by atoms with Crippen LogP contribution >= 0.6 is 0 Å². The highest BCUT2D eigenvalue weighted by molar-refractivity contribution is 4.84. The zero-order valence-electron chi connectivity index (χ0n) is 6.08. The smallest absolute Gasteiger partial charge is 0.120 e. The summed E-state index contributed by atoms with van der Waals surface area (Å²) in [6.07, 6.45) is 1.67. The summed E-state index contributed by atoms with van der Waals surface area (Å²) in [6, 6.07) is 0.508. The summed E-state index contributed by atoms with van der Waals surface area (Å²) >= 11 is 0. The molecule has 54 valence electrons. The van der Waals surface area contributed by atoms with Crippen LogP contribution < -0.4 is 5.32 Å². The zero-order chi connectivity index (χ0) is 6.91. The molecule has 0 aromatic rings. The molecule has 0 radical (unpaired) electrons. The van der Waals surface area contributed by atoms with Crippen LogP contribution in [-0.4, -0.2) is 18.3 Å². The van der Waals surface area contributed by atoms with Crippen molar-refractivity contribution in [1.29, 1.82) is 0 Å². The molecule has 1 aliphatic heterocycles. The lowest BCUT2D eigenvalue weighted by Gasteiger charge is -2.30. The molecule has 1 nitrogen and oxygen atoms in total. The second-order valence-corrected chi connectivity index (χ2v) is 3.23. The van der Waals surface area contributed by atoms with Gasteiger partial charge in [-0.1, -0.05) is 0 Å². The summed E-state index contributed by atoms with van der Waals surface area (Å²) in [4.78, 5) is 0. The third kappa shape index (κ3) is 1.94. The molecule has 1 aliphatic rings. The fourth-order valence-corrected chi connectivity index (χ4v) is 1.09. The van der Waals surface area contributed by atoms with Crippen molar-refractivity contribution in [2.75, 3.05) is 6.54 Å². The summed E-state index contributed by atoms with van der Waals surface area (Å²) in [5.41, 5.74) is -0.952. The molecule has 0 aromatic heterocycles. The molecule has 1 saturated heterocycles. The molecule has 0 bridgehead atoms. The molecule has 2 heteroatoms. The average molecular weight is 131 g/mol. The third-order valence-corrected chi connectivity index (χ3v) is 1.92. The Morgan fingerprint density at radius 2 is 2.33 bits per heavy atom. The molecule has 0 aliphatic carbocycles. The molecule has 2 atom stereocenters. The van der Waals surface area contributed by atoms with Crippen molar-refractivity contribution in [1.82, 2.24) is 5.32 Å². The molecule has 2 unspecified atom stereocenters. The first-order valence-corrected chi connectivity index (χ1v) is 3.52. The van der Waals surface area contributed by atoms with Gasteiger partial charge < -0.3 is 5.32 Å². The van der Waals surface area contributed by atoms with E-state index in [1.807, 2.05) is 0 Å². The summed E-state index contributed by atoms with van der Waals surface area (Å²) in [7, 11) is 0. The Kier molecular flexibility index (Phi) is 1.75. The minimum atomic E-state index is -0.952. The van der Waals surface area contributed by atoms with E-state index < -0.39 is 5.67 Å². The van der Waals surface area contributed by atoms with E-state index in [1.165, 1.54) is 0 Å². The van der Waals surface area contributed by atoms with Gasteiger partial charge in [-0.25, -0.2) is 4.39 Å². The SMILES string of the molecule is CC1CCC(C)(F)CN1. The van der Waals surface area contributed by atoms with E-state index in [0.717, 1.165) is 6.42 Å². The lowest BCUT2D eigenvalue weighted by molar-refractivity contribution is 0.128. The van der Waals surface area contributed by atoms with Crippen molar-refractivity contribution in [3.63, 3.8) is 0 Å². The normalized spacial score (nSPS) is 45.0. The maximum atomic E-state index is 13.0. The van der Waals surface area contributed by atoms with Crippen molar-refractivity contribution in [3.05, 3.63) is 0 Å². The molecule has 0 saturated carbocycles. The highest BCUT2D eigenvalue weighted by Crippen LogP contribution is 2.21. The maximum absolute atomic E-state index is 13.0. The topological polar surface area (TPSA) is 12.0 Å². The van der Waals surface area contributed by atoms with Gasteiger partial charge in [0.2, 0.25) is 0 Å². The Balaban J connectivity index is 2.35. The number of hydrogen-bond acceptors (Lipinski definition) is 1. The maximum Gasteiger partial charge on any atom is 0.120 e. The zero-order valence-corrected chi connectivity index (χ0v) is 6.08. The van der Waals surface area contributed by atoms with E-state index in [9.17, 15) is 4.39 Å². The van der Waals surface area contributed by atoms with Crippen LogP contribution in [0.15, 0.2) is 0 Å².